The van der Waals surface area contributed by atoms with E-state index in [4.69, 9.17) is 11.6 Å². The molecule has 0 bridgehead atoms. The van der Waals surface area contributed by atoms with Crippen molar-refractivity contribution in [1.29, 1.82) is 0 Å². The van der Waals surface area contributed by atoms with Crippen LogP contribution in [0.2, 0.25) is 5.02 Å². The molecule has 0 saturated carbocycles. The molecule has 1 aliphatic heterocycles. The van der Waals surface area contributed by atoms with Crippen molar-refractivity contribution in [3.05, 3.63) is 34.9 Å². The molecule has 0 aliphatic carbocycles. The average Bonchev–Trinajstić information content (AvgIpc) is 2.38. The van der Waals surface area contributed by atoms with Gasteiger partial charge in [0.25, 0.3) is 0 Å². The van der Waals surface area contributed by atoms with Gasteiger partial charge in [-0.1, -0.05) is 30.7 Å². The average molecular weight is 286 g/mol. The summed E-state index contributed by atoms with van der Waals surface area (Å²) in [6.45, 7) is 2.18. The van der Waals surface area contributed by atoms with Gasteiger partial charge in [0.15, 0.2) is 0 Å². The van der Waals surface area contributed by atoms with Gasteiger partial charge in [0.1, 0.15) is 0 Å². The molecule has 1 atom stereocenters. The zero-order chi connectivity index (χ0) is 13.0. The van der Waals surface area contributed by atoms with E-state index in [0.717, 1.165) is 35.8 Å². The van der Waals surface area contributed by atoms with Crippen LogP contribution in [0.5, 0.6) is 0 Å². The van der Waals surface area contributed by atoms with Crippen LogP contribution in [0.3, 0.4) is 0 Å². The minimum atomic E-state index is -0.587. The number of hydrogen-bond donors (Lipinski definition) is 1. The van der Waals surface area contributed by atoms with E-state index in [1.165, 1.54) is 5.56 Å². The van der Waals surface area contributed by atoms with Crippen molar-refractivity contribution in [2.45, 2.75) is 38.3 Å². The van der Waals surface area contributed by atoms with E-state index >= 15 is 0 Å². The fourth-order valence-electron chi connectivity index (χ4n) is 2.42. The maximum Gasteiger partial charge on any atom is 0.0409 e. The number of benzene rings is 1. The fraction of sp³-hybridized carbons (Fsp3) is 0.571. The fourth-order valence-corrected chi connectivity index (χ4v) is 3.92. The van der Waals surface area contributed by atoms with Gasteiger partial charge in [0.2, 0.25) is 0 Å². The van der Waals surface area contributed by atoms with E-state index in [1.54, 1.807) is 0 Å². The van der Waals surface area contributed by atoms with Crippen LogP contribution in [0.25, 0.3) is 0 Å². The molecule has 0 radical (unpaired) electrons. The van der Waals surface area contributed by atoms with E-state index in [0.29, 0.717) is 12.1 Å². The van der Waals surface area contributed by atoms with Gasteiger partial charge in [-0.15, -0.1) is 0 Å². The summed E-state index contributed by atoms with van der Waals surface area (Å²) in [6.07, 6.45) is 3.08. The van der Waals surface area contributed by atoms with Crippen molar-refractivity contribution in [2.24, 2.45) is 0 Å². The minimum Gasteiger partial charge on any atom is -0.307 e. The Labute approximate surface area is 117 Å². The molecular weight excluding hydrogens is 266 g/mol. The Morgan fingerprint density at radius 1 is 1.44 bits per heavy atom. The SMILES string of the molecule is CCC(NC1CCS(=O)CC1)c1cccc(Cl)c1. The highest BCUT2D eigenvalue weighted by Crippen LogP contribution is 2.22. The van der Waals surface area contributed by atoms with Crippen LogP contribution in [0.15, 0.2) is 24.3 Å². The Hall–Kier alpha value is -0.380. The Bertz CT molecular complexity index is 414. The maximum absolute atomic E-state index is 11.3. The van der Waals surface area contributed by atoms with Gasteiger partial charge in [-0.2, -0.15) is 0 Å². The molecule has 1 saturated heterocycles. The summed E-state index contributed by atoms with van der Waals surface area (Å²) in [5, 5.41) is 4.47. The number of hydrogen-bond acceptors (Lipinski definition) is 2. The molecule has 1 fully saturated rings. The number of nitrogens with one attached hydrogen (secondary N) is 1. The highest BCUT2D eigenvalue weighted by molar-refractivity contribution is 7.85. The highest BCUT2D eigenvalue weighted by Gasteiger charge is 2.20. The van der Waals surface area contributed by atoms with E-state index in [9.17, 15) is 4.21 Å². The molecule has 1 aromatic carbocycles. The van der Waals surface area contributed by atoms with Gasteiger partial charge in [-0.3, -0.25) is 4.21 Å². The summed E-state index contributed by atoms with van der Waals surface area (Å²) in [7, 11) is -0.587. The molecule has 0 aromatic heterocycles. The first kappa shape index (κ1) is 14.0. The Balaban J connectivity index is 1.99. The van der Waals surface area contributed by atoms with E-state index < -0.39 is 10.8 Å². The van der Waals surface area contributed by atoms with Crippen LogP contribution in [0.1, 0.15) is 37.8 Å². The van der Waals surface area contributed by atoms with E-state index in [-0.39, 0.29) is 0 Å². The molecule has 1 unspecified atom stereocenters. The number of halogens is 1. The van der Waals surface area contributed by atoms with Gasteiger partial charge in [-0.25, -0.2) is 0 Å². The third-order valence-corrected chi connectivity index (χ3v) is 5.10. The first-order valence-corrected chi connectivity index (χ1v) is 8.42. The second kappa shape index (κ2) is 6.69. The standard InChI is InChI=1S/C14H20ClNOS/c1-2-14(11-4-3-5-12(15)10-11)16-13-6-8-18(17)9-7-13/h3-5,10,13-14,16H,2,6-9H2,1H3. The zero-order valence-corrected chi connectivity index (χ0v) is 12.3. The molecule has 100 valence electrons. The number of rotatable bonds is 4. The van der Waals surface area contributed by atoms with Gasteiger partial charge in [0, 0.05) is 39.4 Å². The normalized spacial score (nSPS) is 25.9. The monoisotopic (exact) mass is 285 g/mol. The molecule has 1 aromatic rings. The second-order valence-corrected chi connectivity index (χ2v) is 6.94. The lowest BCUT2D eigenvalue weighted by Crippen LogP contribution is -2.37. The summed E-state index contributed by atoms with van der Waals surface area (Å²) >= 11 is 6.04. The van der Waals surface area contributed by atoms with Crippen LogP contribution in [0, 0.1) is 0 Å². The van der Waals surface area contributed by atoms with Crippen LogP contribution >= 0.6 is 11.6 Å². The summed E-state index contributed by atoms with van der Waals surface area (Å²) in [5.41, 5.74) is 1.25. The van der Waals surface area contributed by atoms with Crippen molar-refractivity contribution in [1.82, 2.24) is 5.32 Å². The molecule has 4 heteroatoms. The van der Waals surface area contributed by atoms with Crippen molar-refractivity contribution < 1.29 is 4.21 Å². The molecule has 2 nitrogen and oxygen atoms in total. The third-order valence-electron chi connectivity index (χ3n) is 3.48. The predicted octanol–water partition coefficient (Wildman–Crippen LogP) is 3.29. The topological polar surface area (TPSA) is 29.1 Å². The van der Waals surface area contributed by atoms with Gasteiger partial charge in [0.05, 0.1) is 0 Å². The lowest BCUT2D eigenvalue weighted by Gasteiger charge is -2.28. The van der Waals surface area contributed by atoms with Crippen molar-refractivity contribution in [3.8, 4) is 0 Å². The molecule has 0 amide bonds. The lowest BCUT2D eigenvalue weighted by molar-refractivity contribution is 0.403. The summed E-state index contributed by atoms with van der Waals surface area (Å²) in [4.78, 5) is 0. The van der Waals surface area contributed by atoms with Crippen LogP contribution in [0.4, 0.5) is 0 Å². The van der Waals surface area contributed by atoms with Gasteiger partial charge < -0.3 is 5.32 Å². The Morgan fingerprint density at radius 2 is 2.17 bits per heavy atom. The summed E-state index contributed by atoms with van der Waals surface area (Å²) < 4.78 is 11.3. The van der Waals surface area contributed by atoms with E-state index in [2.05, 4.69) is 18.3 Å². The smallest absolute Gasteiger partial charge is 0.0409 e. The predicted molar refractivity (Wildman–Crippen MR) is 78.5 cm³/mol. The van der Waals surface area contributed by atoms with Crippen LogP contribution < -0.4 is 5.32 Å². The largest absolute Gasteiger partial charge is 0.307 e. The van der Waals surface area contributed by atoms with Crippen molar-refractivity contribution in [2.75, 3.05) is 11.5 Å². The molecule has 2 rings (SSSR count). The summed E-state index contributed by atoms with van der Waals surface area (Å²) in [5.74, 6) is 1.67. The molecule has 18 heavy (non-hydrogen) atoms. The molecular formula is C14H20ClNOS. The first-order chi connectivity index (χ1) is 8.69. The Kier molecular flexibility index (Phi) is 5.22. The molecule has 0 spiro atoms. The quantitative estimate of drug-likeness (QED) is 0.920. The second-order valence-electron chi connectivity index (χ2n) is 4.80. The third kappa shape index (κ3) is 3.81. The van der Waals surface area contributed by atoms with Crippen molar-refractivity contribution >= 4 is 22.4 Å². The van der Waals surface area contributed by atoms with E-state index in [1.807, 2.05) is 18.2 Å². The zero-order valence-electron chi connectivity index (χ0n) is 10.7. The maximum atomic E-state index is 11.3. The van der Waals surface area contributed by atoms with Gasteiger partial charge in [-0.05, 0) is 37.0 Å². The van der Waals surface area contributed by atoms with Gasteiger partial charge >= 0.3 is 0 Å². The molecule has 1 aliphatic rings. The molecule has 1 heterocycles. The highest BCUT2D eigenvalue weighted by atomic mass is 35.5. The van der Waals surface area contributed by atoms with Crippen LogP contribution in [-0.2, 0) is 10.8 Å². The minimum absolute atomic E-state index is 0.347. The first-order valence-electron chi connectivity index (χ1n) is 6.55. The Morgan fingerprint density at radius 3 is 2.78 bits per heavy atom. The summed E-state index contributed by atoms with van der Waals surface area (Å²) in [6, 6.07) is 8.89. The van der Waals surface area contributed by atoms with Crippen molar-refractivity contribution in [3.63, 3.8) is 0 Å². The van der Waals surface area contributed by atoms with Crippen LogP contribution in [-0.4, -0.2) is 21.8 Å². The molecule has 1 N–H and O–H groups in total. The lowest BCUT2D eigenvalue weighted by atomic mass is 10.0.